The summed E-state index contributed by atoms with van der Waals surface area (Å²) in [5, 5.41) is 13.3. The van der Waals surface area contributed by atoms with Crippen LogP contribution in [-0.2, 0) is 0 Å². The van der Waals surface area contributed by atoms with Crippen molar-refractivity contribution in [3.8, 4) is 0 Å². The van der Waals surface area contributed by atoms with Crippen LogP contribution in [0.15, 0.2) is 24.3 Å². The first-order valence-electron chi connectivity index (χ1n) is 5.23. The summed E-state index contributed by atoms with van der Waals surface area (Å²) in [5.41, 5.74) is 1.03. The Morgan fingerprint density at radius 1 is 1.40 bits per heavy atom. The fraction of sp³-hybridized carbons (Fsp3) is 0.500. The molecule has 0 bridgehead atoms. The van der Waals surface area contributed by atoms with Crippen LogP contribution in [0.2, 0.25) is 5.02 Å². The molecule has 0 amide bonds. The molecule has 1 aromatic rings. The second-order valence-electron chi connectivity index (χ2n) is 4.09. The van der Waals surface area contributed by atoms with Crippen LogP contribution in [0.5, 0.6) is 0 Å². The minimum atomic E-state index is -0.0221. The fourth-order valence-corrected chi connectivity index (χ4v) is 1.59. The predicted molar refractivity (Wildman–Crippen MR) is 64.1 cm³/mol. The molecule has 0 saturated carbocycles. The van der Waals surface area contributed by atoms with Crippen molar-refractivity contribution in [2.45, 2.75) is 19.9 Å². The highest BCUT2D eigenvalue weighted by Gasteiger charge is 2.10. The smallest absolute Gasteiger partial charge is 0.0626 e. The van der Waals surface area contributed by atoms with Gasteiger partial charge in [-0.3, -0.25) is 0 Å². The summed E-state index contributed by atoms with van der Waals surface area (Å²) in [6.45, 7) is 5.25. The highest BCUT2D eigenvalue weighted by Crippen LogP contribution is 2.17. The van der Waals surface area contributed by atoms with Crippen molar-refractivity contribution in [3.05, 3.63) is 34.9 Å². The zero-order chi connectivity index (χ0) is 11.3. The van der Waals surface area contributed by atoms with Gasteiger partial charge in [-0.25, -0.2) is 0 Å². The van der Waals surface area contributed by atoms with Gasteiger partial charge in [0.2, 0.25) is 0 Å². The zero-order valence-electron chi connectivity index (χ0n) is 9.20. The summed E-state index contributed by atoms with van der Waals surface area (Å²) in [7, 11) is 0. The standard InChI is InChI=1S/C12H18ClNO/c1-9(2)7-14-12(8-15)10-4-3-5-11(13)6-10/h3-6,9,12,14-15H,7-8H2,1-2H3. The number of halogens is 1. The van der Waals surface area contributed by atoms with Crippen molar-refractivity contribution in [3.63, 3.8) is 0 Å². The lowest BCUT2D eigenvalue weighted by molar-refractivity contribution is 0.241. The highest BCUT2D eigenvalue weighted by molar-refractivity contribution is 6.30. The monoisotopic (exact) mass is 227 g/mol. The van der Waals surface area contributed by atoms with Crippen molar-refractivity contribution in [2.75, 3.05) is 13.2 Å². The number of benzene rings is 1. The Hall–Kier alpha value is -0.570. The molecule has 0 spiro atoms. The van der Waals surface area contributed by atoms with Crippen LogP contribution < -0.4 is 5.32 Å². The lowest BCUT2D eigenvalue weighted by atomic mass is 10.1. The van der Waals surface area contributed by atoms with E-state index in [4.69, 9.17) is 11.6 Å². The van der Waals surface area contributed by atoms with Gasteiger partial charge in [0.1, 0.15) is 0 Å². The average molecular weight is 228 g/mol. The molecule has 0 heterocycles. The average Bonchev–Trinajstić information content (AvgIpc) is 2.18. The summed E-state index contributed by atoms with van der Waals surface area (Å²) >= 11 is 5.90. The molecule has 0 aliphatic rings. The Labute approximate surface area is 96.3 Å². The number of nitrogens with one attached hydrogen (secondary N) is 1. The van der Waals surface area contributed by atoms with Crippen LogP contribution in [0.3, 0.4) is 0 Å². The third kappa shape index (κ3) is 4.20. The summed E-state index contributed by atoms with van der Waals surface area (Å²) < 4.78 is 0. The maximum absolute atomic E-state index is 9.28. The fourth-order valence-electron chi connectivity index (χ4n) is 1.39. The van der Waals surface area contributed by atoms with E-state index >= 15 is 0 Å². The van der Waals surface area contributed by atoms with Crippen LogP contribution in [0.4, 0.5) is 0 Å². The van der Waals surface area contributed by atoms with Gasteiger partial charge in [0.25, 0.3) is 0 Å². The van der Waals surface area contributed by atoms with E-state index in [2.05, 4.69) is 19.2 Å². The van der Waals surface area contributed by atoms with Crippen LogP contribution >= 0.6 is 11.6 Å². The number of rotatable bonds is 5. The molecular formula is C12H18ClNO. The van der Waals surface area contributed by atoms with E-state index < -0.39 is 0 Å². The molecule has 0 radical (unpaired) electrons. The predicted octanol–water partition coefficient (Wildman–Crippen LogP) is 2.62. The molecule has 84 valence electrons. The molecule has 0 aliphatic carbocycles. The third-order valence-electron chi connectivity index (χ3n) is 2.21. The lowest BCUT2D eigenvalue weighted by Gasteiger charge is -2.18. The molecule has 1 unspecified atom stereocenters. The summed E-state index contributed by atoms with van der Waals surface area (Å²) in [4.78, 5) is 0. The lowest BCUT2D eigenvalue weighted by Crippen LogP contribution is -2.27. The summed E-state index contributed by atoms with van der Waals surface area (Å²) in [6.07, 6.45) is 0. The largest absolute Gasteiger partial charge is 0.394 e. The molecule has 15 heavy (non-hydrogen) atoms. The molecule has 0 aliphatic heterocycles. The molecule has 2 nitrogen and oxygen atoms in total. The normalized spacial score (nSPS) is 13.1. The van der Waals surface area contributed by atoms with Crippen LogP contribution in [0, 0.1) is 5.92 Å². The highest BCUT2D eigenvalue weighted by atomic mass is 35.5. The number of aliphatic hydroxyl groups is 1. The summed E-state index contributed by atoms with van der Waals surface area (Å²) in [5.74, 6) is 0.568. The third-order valence-corrected chi connectivity index (χ3v) is 2.44. The van der Waals surface area contributed by atoms with E-state index in [0.717, 1.165) is 12.1 Å². The SMILES string of the molecule is CC(C)CNC(CO)c1cccc(Cl)c1. The van der Waals surface area contributed by atoms with Gasteiger partial charge in [-0.2, -0.15) is 0 Å². The first-order valence-corrected chi connectivity index (χ1v) is 5.61. The second-order valence-corrected chi connectivity index (χ2v) is 4.53. The Morgan fingerprint density at radius 3 is 2.67 bits per heavy atom. The van der Waals surface area contributed by atoms with Gasteiger partial charge < -0.3 is 10.4 Å². The van der Waals surface area contributed by atoms with Gasteiger partial charge in [-0.05, 0) is 30.2 Å². The second kappa shape index (κ2) is 6.11. The Bertz CT molecular complexity index is 301. The number of hydrogen-bond acceptors (Lipinski definition) is 2. The molecule has 0 aromatic heterocycles. The van der Waals surface area contributed by atoms with Crippen LogP contribution in [0.1, 0.15) is 25.5 Å². The topological polar surface area (TPSA) is 32.3 Å². The molecule has 1 atom stereocenters. The van der Waals surface area contributed by atoms with Crippen molar-refractivity contribution < 1.29 is 5.11 Å². The molecular weight excluding hydrogens is 210 g/mol. The maximum atomic E-state index is 9.28. The first kappa shape index (κ1) is 12.5. The summed E-state index contributed by atoms with van der Waals surface area (Å²) in [6, 6.07) is 7.57. The quantitative estimate of drug-likeness (QED) is 0.811. The van der Waals surface area contributed by atoms with Gasteiger partial charge in [0.05, 0.1) is 12.6 Å². The van der Waals surface area contributed by atoms with E-state index in [1.807, 2.05) is 24.3 Å². The van der Waals surface area contributed by atoms with Crippen LogP contribution in [-0.4, -0.2) is 18.3 Å². The van der Waals surface area contributed by atoms with Gasteiger partial charge in [0.15, 0.2) is 0 Å². The molecule has 1 aromatic carbocycles. The molecule has 3 heteroatoms. The molecule has 1 rings (SSSR count). The number of aliphatic hydroxyl groups excluding tert-OH is 1. The van der Waals surface area contributed by atoms with E-state index in [1.54, 1.807) is 0 Å². The van der Waals surface area contributed by atoms with E-state index in [0.29, 0.717) is 10.9 Å². The number of hydrogen-bond donors (Lipinski definition) is 2. The van der Waals surface area contributed by atoms with E-state index in [9.17, 15) is 5.11 Å². The van der Waals surface area contributed by atoms with Crippen molar-refractivity contribution in [2.24, 2.45) is 5.92 Å². The van der Waals surface area contributed by atoms with Gasteiger partial charge >= 0.3 is 0 Å². The zero-order valence-corrected chi connectivity index (χ0v) is 9.96. The Morgan fingerprint density at radius 2 is 2.13 bits per heavy atom. The van der Waals surface area contributed by atoms with Gasteiger partial charge in [-0.15, -0.1) is 0 Å². The van der Waals surface area contributed by atoms with Gasteiger partial charge in [-0.1, -0.05) is 37.6 Å². The van der Waals surface area contributed by atoms with E-state index in [-0.39, 0.29) is 12.6 Å². The maximum Gasteiger partial charge on any atom is 0.0626 e. The molecule has 2 N–H and O–H groups in total. The van der Waals surface area contributed by atoms with E-state index in [1.165, 1.54) is 0 Å². The molecule has 0 fully saturated rings. The Kier molecular flexibility index (Phi) is 5.09. The van der Waals surface area contributed by atoms with Gasteiger partial charge in [0, 0.05) is 5.02 Å². The van der Waals surface area contributed by atoms with Crippen molar-refractivity contribution in [1.29, 1.82) is 0 Å². The first-order chi connectivity index (χ1) is 7.13. The minimum Gasteiger partial charge on any atom is -0.394 e. The van der Waals surface area contributed by atoms with Crippen molar-refractivity contribution >= 4 is 11.6 Å². The van der Waals surface area contributed by atoms with Crippen LogP contribution in [0.25, 0.3) is 0 Å². The minimum absolute atomic E-state index is 0.0221. The molecule has 0 saturated heterocycles. The van der Waals surface area contributed by atoms with Crippen molar-refractivity contribution in [1.82, 2.24) is 5.32 Å². The Balaban J connectivity index is 2.65.